The van der Waals surface area contributed by atoms with Crippen molar-refractivity contribution in [2.75, 3.05) is 32.0 Å². The SMILES string of the molecule is CN(Cc1ccc2c(c1)OCO2)C(=O)CN1CSCC1=O. The van der Waals surface area contributed by atoms with Crippen LogP contribution >= 0.6 is 11.8 Å². The van der Waals surface area contributed by atoms with Crippen molar-refractivity contribution in [1.82, 2.24) is 9.80 Å². The molecule has 0 aliphatic carbocycles. The average Bonchev–Trinajstić information content (AvgIpc) is 3.07. The van der Waals surface area contributed by atoms with Crippen molar-refractivity contribution >= 4 is 23.6 Å². The van der Waals surface area contributed by atoms with Crippen LogP contribution in [0.3, 0.4) is 0 Å². The van der Waals surface area contributed by atoms with Crippen LogP contribution in [0.2, 0.25) is 0 Å². The van der Waals surface area contributed by atoms with Crippen LogP contribution in [-0.2, 0) is 16.1 Å². The van der Waals surface area contributed by atoms with Crippen LogP contribution in [-0.4, -0.2) is 53.6 Å². The highest BCUT2D eigenvalue weighted by Crippen LogP contribution is 2.32. The molecule has 0 N–H and O–H groups in total. The van der Waals surface area contributed by atoms with Crippen molar-refractivity contribution in [3.8, 4) is 11.5 Å². The normalized spacial score (nSPS) is 16.4. The summed E-state index contributed by atoms with van der Waals surface area (Å²) in [6.45, 7) is 0.861. The minimum absolute atomic E-state index is 0.0322. The predicted molar refractivity (Wildman–Crippen MR) is 78.1 cm³/mol. The molecule has 6 nitrogen and oxygen atoms in total. The van der Waals surface area contributed by atoms with Gasteiger partial charge in [0, 0.05) is 13.6 Å². The van der Waals surface area contributed by atoms with E-state index < -0.39 is 0 Å². The highest BCUT2D eigenvalue weighted by atomic mass is 32.2. The molecule has 1 saturated heterocycles. The molecule has 0 atom stereocenters. The number of nitrogens with zero attached hydrogens (tertiary/aromatic N) is 2. The zero-order valence-corrected chi connectivity index (χ0v) is 12.5. The summed E-state index contributed by atoms with van der Waals surface area (Å²) in [6.07, 6.45) is 0. The fourth-order valence-electron chi connectivity index (χ4n) is 2.23. The number of rotatable bonds is 4. The van der Waals surface area contributed by atoms with E-state index in [0.29, 0.717) is 23.9 Å². The van der Waals surface area contributed by atoms with Gasteiger partial charge in [-0.2, -0.15) is 0 Å². The third-order valence-corrected chi connectivity index (χ3v) is 4.38. The van der Waals surface area contributed by atoms with Gasteiger partial charge in [-0.1, -0.05) is 6.07 Å². The molecule has 0 aromatic heterocycles. The van der Waals surface area contributed by atoms with Gasteiger partial charge in [-0.15, -0.1) is 11.8 Å². The smallest absolute Gasteiger partial charge is 0.242 e. The number of ether oxygens (including phenoxy) is 2. The Morgan fingerprint density at radius 1 is 1.38 bits per heavy atom. The average molecular weight is 308 g/mol. The maximum absolute atomic E-state index is 12.1. The largest absolute Gasteiger partial charge is 0.454 e. The van der Waals surface area contributed by atoms with Crippen LogP contribution in [0, 0.1) is 0 Å². The van der Waals surface area contributed by atoms with Crippen molar-refractivity contribution in [3.63, 3.8) is 0 Å². The number of carbonyl (C=O) groups excluding carboxylic acids is 2. The van der Waals surface area contributed by atoms with Crippen molar-refractivity contribution in [3.05, 3.63) is 23.8 Å². The monoisotopic (exact) mass is 308 g/mol. The molecular weight excluding hydrogens is 292 g/mol. The van der Waals surface area contributed by atoms with Crippen molar-refractivity contribution in [1.29, 1.82) is 0 Å². The second-order valence-corrected chi connectivity index (χ2v) is 5.96. The molecule has 0 bridgehead atoms. The topological polar surface area (TPSA) is 59.1 Å². The Hall–Kier alpha value is -1.89. The molecule has 21 heavy (non-hydrogen) atoms. The first-order valence-corrected chi connectivity index (χ1v) is 7.77. The molecule has 2 aliphatic heterocycles. The van der Waals surface area contributed by atoms with E-state index in [0.717, 1.165) is 11.3 Å². The molecule has 0 saturated carbocycles. The van der Waals surface area contributed by atoms with Gasteiger partial charge in [-0.05, 0) is 17.7 Å². The molecule has 0 radical (unpaired) electrons. The fourth-order valence-corrected chi connectivity index (χ4v) is 3.13. The fraction of sp³-hybridized carbons (Fsp3) is 0.429. The van der Waals surface area contributed by atoms with E-state index in [2.05, 4.69) is 0 Å². The molecule has 1 fully saturated rings. The molecule has 112 valence electrons. The second kappa shape index (κ2) is 5.85. The van der Waals surface area contributed by atoms with E-state index in [4.69, 9.17) is 9.47 Å². The summed E-state index contributed by atoms with van der Waals surface area (Å²) in [7, 11) is 1.74. The summed E-state index contributed by atoms with van der Waals surface area (Å²) in [5.74, 6) is 2.47. The highest BCUT2D eigenvalue weighted by molar-refractivity contribution is 8.00. The van der Waals surface area contributed by atoms with E-state index in [1.807, 2.05) is 18.2 Å². The Kier molecular flexibility index (Phi) is 3.92. The third-order valence-electron chi connectivity index (χ3n) is 3.43. The number of carbonyl (C=O) groups is 2. The summed E-state index contributed by atoms with van der Waals surface area (Å²) < 4.78 is 10.6. The van der Waals surface area contributed by atoms with Crippen LogP contribution in [0.5, 0.6) is 11.5 Å². The molecule has 2 aliphatic rings. The lowest BCUT2D eigenvalue weighted by Gasteiger charge is -2.21. The summed E-state index contributed by atoms with van der Waals surface area (Å²) in [5.41, 5.74) is 0.970. The Bertz CT molecular complexity index is 578. The summed E-state index contributed by atoms with van der Waals surface area (Å²) in [6, 6.07) is 5.63. The number of thioether (sulfide) groups is 1. The van der Waals surface area contributed by atoms with Crippen LogP contribution < -0.4 is 9.47 Å². The number of benzene rings is 1. The summed E-state index contributed by atoms with van der Waals surface area (Å²) in [4.78, 5) is 26.9. The molecule has 7 heteroatoms. The minimum Gasteiger partial charge on any atom is -0.454 e. The first-order valence-electron chi connectivity index (χ1n) is 6.61. The van der Waals surface area contributed by atoms with Gasteiger partial charge < -0.3 is 19.3 Å². The maximum Gasteiger partial charge on any atom is 0.242 e. The van der Waals surface area contributed by atoms with E-state index in [9.17, 15) is 9.59 Å². The van der Waals surface area contributed by atoms with Crippen LogP contribution in [0.1, 0.15) is 5.56 Å². The summed E-state index contributed by atoms with van der Waals surface area (Å²) >= 11 is 1.54. The first-order chi connectivity index (χ1) is 10.1. The Balaban J connectivity index is 1.59. The molecule has 3 rings (SSSR count). The Labute approximate surface area is 127 Å². The number of hydrogen-bond acceptors (Lipinski definition) is 5. The molecule has 2 heterocycles. The Morgan fingerprint density at radius 3 is 2.95 bits per heavy atom. The van der Waals surface area contributed by atoms with Crippen LogP contribution in [0.15, 0.2) is 18.2 Å². The van der Waals surface area contributed by atoms with E-state index >= 15 is 0 Å². The van der Waals surface area contributed by atoms with E-state index in [1.165, 1.54) is 11.8 Å². The number of hydrogen-bond donors (Lipinski definition) is 0. The number of amides is 2. The standard InChI is InChI=1S/C14H16N2O4S/c1-15(13(17)6-16-8-21-7-14(16)18)5-10-2-3-11-12(4-10)20-9-19-11/h2-4H,5-9H2,1H3. The maximum atomic E-state index is 12.1. The molecule has 0 spiro atoms. The van der Waals surface area contributed by atoms with Gasteiger partial charge in [0.15, 0.2) is 11.5 Å². The first kappa shape index (κ1) is 14.1. The van der Waals surface area contributed by atoms with Gasteiger partial charge in [0.2, 0.25) is 18.6 Å². The van der Waals surface area contributed by atoms with Crippen LogP contribution in [0.4, 0.5) is 0 Å². The highest BCUT2D eigenvalue weighted by Gasteiger charge is 2.24. The summed E-state index contributed by atoms with van der Waals surface area (Å²) in [5, 5.41) is 0. The quantitative estimate of drug-likeness (QED) is 0.827. The Morgan fingerprint density at radius 2 is 2.19 bits per heavy atom. The molecular formula is C14H16N2O4S. The van der Waals surface area contributed by atoms with Crippen molar-refractivity contribution in [2.24, 2.45) is 0 Å². The lowest BCUT2D eigenvalue weighted by Crippen LogP contribution is -2.38. The van der Waals surface area contributed by atoms with Crippen molar-refractivity contribution < 1.29 is 19.1 Å². The minimum atomic E-state index is -0.0662. The zero-order chi connectivity index (χ0) is 14.8. The van der Waals surface area contributed by atoms with Gasteiger partial charge in [-0.3, -0.25) is 9.59 Å². The van der Waals surface area contributed by atoms with Crippen molar-refractivity contribution in [2.45, 2.75) is 6.54 Å². The van der Waals surface area contributed by atoms with E-state index in [-0.39, 0.29) is 25.2 Å². The van der Waals surface area contributed by atoms with Gasteiger partial charge in [0.1, 0.15) is 6.54 Å². The van der Waals surface area contributed by atoms with Gasteiger partial charge in [0.05, 0.1) is 11.6 Å². The van der Waals surface area contributed by atoms with Gasteiger partial charge in [0.25, 0.3) is 0 Å². The van der Waals surface area contributed by atoms with Gasteiger partial charge in [-0.25, -0.2) is 0 Å². The molecule has 1 aromatic rings. The second-order valence-electron chi connectivity index (χ2n) is 5.01. The molecule has 2 amide bonds. The molecule has 1 aromatic carbocycles. The zero-order valence-electron chi connectivity index (χ0n) is 11.7. The predicted octanol–water partition coefficient (Wildman–Crippen LogP) is 0.907. The molecule has 0 unspecified atom stereocenters. The van der Waals surface area contributed by atoms with Gasteiger partial charge >= 0.3 is 0 Å². The third kappa shape index (κ3) is 3.07. The number of fused-ring (bicyclic) bond motifs is 1. The lowest BCUT2D eigenvalue weighted by molar-refractivity contribution is -0.137. The van der Waals surface area contributed by atoms with Crippen LogP contribution in [0.25, 0.3) is 0 Å². The lowest BCUT2D eigenvalue weighted by atomic mass is 10.2. The number of likely N-dealkylation sites (N-methyl/N-ethyl adjacent to an activating group) is 1. The van der Waals surface area contributed by atoms with E-state index in [1.54, 1.807) is 16.8 Å².